The number of carbonyl (C=O) groups is 1. The third-order valence-electron chi connectivity index (χ3n) is 3.78. The lowest BCUT2D eigenvalue weighted by Crippen LogP contribution is -2.21. The first-order valence-corrected chi connectivity index (χ1v) is 9.12. The highest BCUT2D eigenvalue weighted by Gasteiger charge is 2.07. The Balaban J connectivity index is 1.49. The summed E-state index contributed by atoms with van der Waals surface area (Å²) in [6.45, 7) is 0.573. The van der Waals surface area contributed by atoms with Crippen molar-refractivity contribution >= 4 is 40.5 Å². The molecule has 0 aliphatic carbocycles. The largest absolute Gasteiger partial charge is 0.489 e. The number of hydrogen-bond acceptors (Lipinski definition) is 3. The Kier molecular flexibility index (Phi) is 6.58. The predicted molar refractivity (Wildman–Crippen MR) is 111 cm³/mol. The maximum Gasteiger partial charge on any atom is 0.243 e. The van der Waals surface area contributed by atoms with Gasteiger partial charge in [-0.15, -0.1) is 0 Å². The minimum absolute atomic E-state index is 0.0757. The predicted octanol–water partition coefficient (Wildman–Crippen LogP) is 5.62. The maximum atomic E-state index is 12.1. The smallest absolute Gasteiger partial charge is 0.243 e. The van der Waals surface area contributed by atoms with Crippen LogP contribution in [0.25, 0.3) is 0 Å². The third-order valence-corrected chi connectivity index (χ3v) is 4.60. The van der Waals surface area contributed by atoms with E-state index in [0.29, 0.717) is 28.0 Å². The zero-order chi connectivity index (χ0) is 19.1. The standard InChI is InChI=1S/C21H18Cl2N2O2/c22-18-7-4-8-19(21(18)23)24-13-20(26)25-16-9-11-17(12-10-16)27-14-15-5-2-1-3-6-15/h1-12,24H,13-14H2,(H,25,26). The number of amides is 1. The maximum absolute atomic E-state index is 12.1. The molecule has 3 aromatic carbocycles. The summed E-state index contributed by atoms with van der Waals surface area (Å²) in [5.74, 6) is 0.546. The van der Waals surface area contributed by atoms with Crippen molar-refractivity contribution in [2.45, 2.75) is 6.61 Å². The first kappa shape index (κ1) is 19.1. The molecule has 0 heterocycles. The van der Waals surface area contributed by atoms with Gasteiger partial charge >= 0.3 is 0 Å². The molecule has 2 N–H and O–H groups in total. The highest BCUT2D eigenvalue weighted by molar-refractivity contribution is 6.43. The van der Waals surface area contributed by atoms with Crippen molar-refractivity contribution in [3.8, 4) is 5.75 Å². The van der Waals surface area contributed by atoms with Crippen LogP contribution in [0.1, 0.15) is 5.56 Å². The van der Waals surface area contributed by atoms with Gasteiger partial charge in [-0.1, -0.05) is 59.6 Å². The van der Waals surface area contributed by atoms with Gasteiger partial charge < -0.3 is 15.4 Å². The fraction of sp³-hybridized carbons (Fsp3) is 0.0952. The van der Waals surface area contributed by atoms with Crippen molar-refractivity contribution in [1.29, 1.82) is 0 Å². The molecule has 6 heteroatoms. The molecule has 0 fully saturated rings. The van der Waals surface area contributed by atoms with E-state index in [4.69, 9.17) is 27.9 Å². The second-order valence-corrected chi connectivity index (χ2v) is 6.59. The zero-order valence-electron chi connectivity index (χ0n) is 14.4. The van der Waals surface area contributed by atoms with E-state index in [9.17, 15) is 4.79 Å². The molecule has 138 valence electrons. The molecule has 0 spiro atoms. The normalized spacial score (nSPS) is 10.3. The van der Waals surface area contributed by atoms with E-state index >= 15 is 0 Å². The number of ether oxygens (including phenoxy) is 1. The molecule has 27 heavy (non-hydrogen) atoms. The van der Waals surface area contributed by atoms with Gasteiger partial charge in [-0.25, -0.2) is 0 Å². The van der Waals surface area contributed by atoms with Gasteiger partial charge in [0.25, 0.3) is 0 Å². The van der Waals surface area contributed by atoms with Crippen LogP contribution in [0.2, 0.25) is 10.0 Å². The Morgan fingerprint density at radius 2 is 1.63 bits per heavy atom. The first-order chi connectivity index (χ1) is 13.1. The highest BCUT2D eigenvalue weighted by atomic mass is 35.5. The van der Waals surface area contributed by atoms with E-state index < -0.39 is 0 Å². The van der Waals surface area contributed by atoms with Crippen molar-refractivity contribution in [2.75, 3.05) is 17.2 Å². The number of carbonyl (C=O) groups excluding carboxylic acids is 1. The summed E-state index contributed by atoms with van der Waals surface area (Å²) in [7, 11) is 0. The Hall–Kier alpha value is -2.69. The van der Waals surface area contributed by atoms with Crippen LogP contribution in [-0.4, -0.2) is 12.5 Å². The minimum atomic E-state index is -0.191. The molecule has 0 aliphatic heterocycles. The fourth-order valence-corrected chi connectivity index (χ4v) is 2.76. The van der Waals surface area contributed by atoms with Crippen LogP contribution in [-0.2, 0) is 11.4 Å². The van der Waals surface area contributed by atoms with Gasteiger partial charge in [-0.3, -0.25) is 4.79 Å². The summed E-state index contributed by atoms with van der Waals surface area (Å²) in [6, 6.07) is 22.4. The van der Waals surface area contributed by atoms with Crippen LogP contribution in [0.5, 0.6) is 5.75 Å². The summed E-state index contributed by atoms with van der Waals surface area (Å²) in [5.41, 5.74) is 2.40. The average Bonchev–Trinajstić information content (AvgIpc) is 2.69. The van der Waals surface area contributed by atoms with Crippen LogP contribution in [0.3, 0.4) is 0 Å². The molecule has 1 amide bonds. The van der Waals surface area contributed by atoms with Gasteiger partial charge in [0, 0.05) is 5.69 Å². The van der Waals surface area contributed by atoms with Gasteiger partial charge in [-0.2, -0.15) is 0 Å². The number of benzene rings is 3. The van der Waals surface area contributed by atoms with Crippen molar-refractivity contribution in [2.24, 2.45) is 0 Å². The Labute approximate surface area is 168 Å². The van der Waals surface area contributed by atoms with Crippen molar-refractivity contribution < 1.29 is 9.53 Å². The number of nitrogens with one attached hydrogen (secondary N) is 2. The summed E-state index contributed by atoms with van der Waals surface area (Å²) in [5, 5.41) is 6.62. The molecule has 4 nitrogen and oxygen atoms in total. The molecular formula is C21H18Cl2N2O2. The average molecular weight is 401 g/mol. The molecule has 0 saturated heterocycles. The summed E-state index contributed by atoms with van der Waals surface area (Å²) >= 11 is 12.0. The molecule has 0 aliphatic rings. The Morgan fingerprint density at radius 3 is 2.37 bits per heavy atom. The first-order valence-electron chi connectivity index (χ1n) is 8.36. The molecule has 0 bridgehead atoms. The quantitative estimate of drug-likeness (QED) is 0.540. The van der Waals surface area contributed by atoms with Crippen molar-refractivity contribution in [1.82, 2.24) is 0 Å². The molecule has 0 unspecified atom stereocenters. The topological polar surface area (TPSA) is 50.4 Å². The number of hydrogen-bond donors (Lipinski definition) is 2. The molecule has 0 radical (unpaired) electrons. The molecule has 3 rings (SSSR count). The third kappa shape index (κ3) is 5.64. The summed E-state index contributed by atoms with van der Waals surface area (Å²) in [4.78, 5) is 12.1. The lowest BCUT2D eigenvalue weighted by atomic mass is 10.2. The van der Waals surface area contributed by atoms with Crippen molar-refractivity contribution in [3.63, 3.8) is 0 Å². The minimum Gasteiger partial charge on any atom is -0.489 e. The van der Waals surface area contributed by atoms with Gasteiger partial charge in [0.05, 0.1) is 22.3 Å². The molecular weight excluding hydrogens is 383 g/mol. The molecule has 0 atom stereocenters. The van der Waals surface area contributed by atoms with Gasteiger partial charge in [0.1, 0.15) is 12.4 Å². The van der Waals surface area contributed by atoms with E-state index in [1.54, 1.807) is 30.3 Å². The lowest BCUT2D eigenvalue weighted by Gasteiger charge is -2.11. The van der Waals surface area contributed by atoms with Gasteiger partial charge in [0.2, 0.25) is 5.91 Å². The van der Waals surface area contributed by atoms with Gasteiger partial charge in [-0.05, 0) is 42.0 Å². The molecule has 0 aromatic heterocycles. The van der Waals surface area contributed by atoms with E-state index in [1.165, 1.54) is 0 Å². The Morgan fingerprint density at radius 1 is 0.889 bits per heavy atom. The lowest BCUT2D eigenvalue weighted by molar-refractivity contribution is -0.114. The Bertz CT molecular complexity index is 900. The molecule has 0 saturated carbocycles. The zero-order valence-corrected chi connectivity index (χ0v) is 15.9. The fourth-order valence-electron chi connectivity index (χ4n) is 2.40. The second kappa shape index (κ2) is 9.31. The number of rotatable bonds is 7. The van der Waals surface area contributed by atoms with E-state index in [0.717, 1.165) is 11.3 Å². The number of anilines is 2. The summed E-state index contributed by atoms with van der Waals surface area (Å²) in [6.07, 6.45) is 0. The van der Waals surface area contributed by atoms with E-state index in [1.807, 2.05) is 42.5 Å². The second-order valence-electron chi connectivity index (χ2n) is 5.80. The van der Waals surface area contributed by atoms with Gasteiger partial charge in [0.15, 0.2) is 0 Å². The van der Waals surface area contributed by atoms with E-state index in [-0.39, 0.29) is 12.5 Å². The van der Waals surface area contributed by atoms with Crippen molar-refractivity contribution in [3.05, 3.63) is 88.4 Å². The molecule has 3 aromatic rings. The van der Waals surface area contributed by atoms with Crippen LogP contribution in [0.15, 0.2) is 72.8 Å². The van der Waals surface area contributed by atoms with Crippen LogP contribution in [0.4, 0.5) is 11.4 Å². The monoisotopic (exact) mass is 400 g/mol. The van der Waals surface area contributed by atoms with E-state index in [2.05, 4.69) is 10.6 Å². The number of halogens is 2. The highest BCUT2D eigenvalue weighted by Crippen LogP contribution is 2.29. The SMILES string of the molecule is O=C(CNc1cccc(Cl)c1Cl)Nc1ccc(OCc2ccccc2)cc1. The summed E-state index contributed by atoms with van der Waals surface area (Å²) < 4.78 is 5.73. The van der Waals surface area contributed by atoms with Crippen LogP contribution >= 0.6 is 23.2 Å². The van der Waals surface area contributed by atoms with Crippen LogP contribution in [0, 0.1) is 0 Å². The van der Waals surface area contributed by atoms with Crippen LogP contribution < -0.4 is 15.4 Å².